The van der Waals surface area contributed by atoms with E-state index in [-0.39, 0.29) is 5.82 Å². The van der Waals surface area contributed by atoms with Crippen molar-refractivity contribution >= 4 is 5.97 Å². The van der Waals surface area contributed by atoms with Gasteiger partial charge in [-0.05, 0) is 24.3 Å². The summed E-state index contributed by atoms with van der Waals surface area (Å²) in [4.78, 5) is 10.4. The minimum Gasteiger partial charge on any atom is -0.479 e. The summed E-state index contributed by atoms with van der Waals surface area (Å²) in [6.07, 6.45) is 1.38. The Hall–Kier alpha value is -2.37. The van der Waals surface area contributed by atoms with E-state index in [1.165, 1.54) is 18.3 Å². The smallest absolute Gasteiger partial charge is 0.341 e. The van der Waals surface area contributed by atoms with Crippen LogP contribution >= 0.6 is 0 Å². The van der Waals surface area contributed by atoms with E-state index in [1.807, 2.05) is 0 Å². The van der Waals surface area contributed by atoms with Gasteiger partial charge in [-0.2, -0.15) is 5.10 Å². The highest BCUT2D eigenvalue weighted by Gasteiger charge is 2.10. The van der Waals surface area contributed by atoms with Crippen LogP contribution in [0.15, 0.2) is 30.5 Å². The molecule has 2 N–H and O–H groups in total. The Balaban J connectivity index is 2.24. The molecule has 0 unspecified atom stereocenters. The molecule has 2 rings (SSSR count). The van der Waals surface area contributed by atoms with Crippen molar-refractivity contribution in [3.8, 4) is 17.0 Å². The third-order valence-corrected chi connectivity index (χ3v) is 2.09. The number of aliphatic carboxylic acids is 1. The zero-order valence-electron chi connectivity index (χ0n) is 8.68. The number of aromatic amines is 1. The number of carbonyl (C=O) groups is 1. The van der Waals surface area contributed by atoms with Crippen molar-refractivity contribution in [2.75, 3.05) is 6.61 Å². The van der Waals surface area contributed by atoms with E-state index in [9.17, 15) is 9.18 Å². The van der Waals surface area contributed by atoms with Crippen molar-refractivity contribution in [3.05, 3.63) is 36.3 Å². The maximum atomic E-state index is 12.7. The summed E-state index contributed by atoms with van der Waals surface area (Å²) >= 11 is 0. The normalized spacial score (nSPS) is 10.2. The van der Waals surface area contributed by atoms with Crippen molar-refractivity contribution in [1.82, 2.24) is 10.2 Å². The fourth-order valence-electron chi connectivity index (χ4n) is 1.35. The predicted octanol–water partition coefficient (Wildman–Crippen LogP) is 1.68. The molecule has 5 nitrogen and oxygen atoms in total. The average molecular weight is 236 g/mol. The number of benzene rings is 1. The Labute approximate surface area is 95.9 Å². The van der Waals surface area contributed by atoms with Gasteiger partial charge in [0.05, 0.1) is 6.20 Å². The Morgan fingerprint density at radius 3 is 2.76 bits per heavy atom. The predicted molar refractivity (Wildman–Crippen MR) is 57.1 cm³/mol. The summed E-state index contributed by atoms with van der Waals surface area (Å²) < 4.78 is 17.8. The zero-order chi connectivity index (χ0) is 12.3. The Kier molecular flexibility index (Phi) is 3.04. The van der Waals surface area contributed by atoms with Crippen molar-refractivity contribution in [1.29, 1.82) is 0 Å². The van der Waals surface area contributed by atoms with Crippen molar-refractivity contribution < 1.29 is 19.0 Å². The molecule has 2 aromatic rings. The molecule has 6 heteroatoms. The maximum absolute atomic E-state index is 12.7. The van der Waals surface area contributed by atoms with Crippen LogP contribution in [0.4, 0.5) is 4.39 Å². The quantitative estimate of drug-likeness (QED) is 0.846. The van der Waals surface area contributed by atoms with E-state index < -0.39 is 12.6 Å². The third kappa shape index (κ3) is 2.60. The molecule has 0 spiro atoms. The molecule has 0 bridgehead atoms. The van der Waals surface area contributed by atoms with Gasteiger partial charge in [-0.15, -0.1) is 0 Å². The van der Waals surface area contributed by atoms with Crippen LogP contribution in [0.2, 0.25) is 0 Å². The monoisotopic (exact) mass is 236 g/mol. The van der Waals surface area contributed by atoms with Gasteiger partial charge in [0.15, 0.2) is 12.4 Å². The van der Waals surface area contributed by atoms with Crippen LogP contribution in [0.3, 0.4) is 0 Å². The van der Waals surface area contributed by atoms with Crippen LogP contribution in [-0.2, 0) is 4.79 Å². The highest BCUT2D eigenvalue weighted by molar-refractivity contribution is 5.70. The number of hydrogen-bond donors (Lipinski definition) is 2. The lowest BCUT2D eigenvalue weighted by molar-refractivity contribution is -0.139. The number of halogens is 1. The molecule has 17 heavy (non-hydrogen) atoms. The Morgan fingerprint density at radius 2 is 2.12 bits per heavy atom. The second-order valence-corrected chi connectivity index (χ2v) is 3.30. The second kappa shape index (κ2) is 4.65. The highest BCUT2D eigenvalue weighted by Crippen LogP contribution is 2.27. The van der Waals surface area contributed by atoms with Gasteiger partial charge < -0.3 is 9.84 Å². The molecule has 1 heterocycles. The van der Waals surface area contributed by atoms with Gasteiger partial charge in [-0.25, -0.2) is 9.18 Å². The molecule has 0 fully saturated rings. The number of carboxylic acids is 1. The number of aromatic nitrogens is 2. The van der Waals surface area contributed by atoms with E-state index in [0.29, 0.717) is 17.0 Å². The molecule has 1 aromatic carbocycles. The lowest BCUT2D eigenvalue weighted by Gasteiger charge is -2.03. The van der Waals surface area contributed by atoms with E-state index in [0.717, 1.165) is 0 Å². The van der Waals surface area contributed by atoms with Gasteiger partial charge >= 0.3 is 5.97 Å². The number of carboxylic acid groups (broad SMARTS) is 1. The van der Waals surface area contributed by atoms with Crippen molar-refractivity contribution in [2.45, 2.75) is 0 Å². The van der Waals surface area contributed by atoms with Crippen molar-refractivity contribution in [2.24, 2.45) is 0 Å². The topological polar surface area (TPSA) is 75.2 Å². The standard InChI is InChI=1S/C11H9FN2O3/c12-8-3-1-7(2-4-8)11-9(5-13-14-11)17-6-10(15)16/h1-5H,6H2,(H,13,14)(H,15,16). The molecule has 0 saturated carbocycles. The minimum atomic E-state index is -1.07. The number of H-pyrrole nitrogens is 1. The molecule has 0 atom stereocenters. The number of rotatable bonds is 4. The average Bonchev–Trinajstić information content (AvgIpc) is 2.75. The fourth-order valence-corrected chi connectivity index (χ4v) is 1.35. The first-order valence-corrected chi connectivity index (χ1v) is 4.80. The van der Waals surface area contributed by atoms with Gasteiger partial charge in [-0.1, -0.05) is 0 Å². The summed E-state index contributed by atoms with van der Waals surface area (Å²) in [5.41, 5.74) is 1.19. The Morgan fingerprint density at radius 1 is 1.41 bits per heavy atom. The molecular formula is C11H9FN2O3. The molecule has 88 valence electrons. The zero-order valence-corrected chi connectivity index (χ0v) is 8.68. The van der Waals surface area contributed by atoms with Gasteiger partial charge in [0.25, 0.3) is 0 Å². The second-order valence-electron chi connectivity index (χ2n) is 3.30. The van der Waals surface area contributed by atoms with E-state index in [4.69, 9.17) is 9.84 Å². The number of hydrogen-bond acceptors (Lipinski definition) is 3. The molecule has 0 amide bonds. The highest BCUT2D eigenvalue weighted by atomic mass is 19.1. The SMILES string of the molecule is O=C(O)COc1cn[nH]c1-c1ccc(F)cc1. The lowest BCUT2D eigenvalue weighted by atomic mass is 10.1. The van der Waals surface area contributed by atoms with Crippen LogP contribution in [0.1, 0.15) is 0 Å². The first kappa shape index (κ1) is 11.1. The molecule has 0 aliphatic rings. The van der Waals surface area contributed by atoms with E-state index in [2.05, 4.69) is 10.2 Å². The first-order chi connectivity index (χ1) is 8.16. The van der Waals surface area contributed by atoms with Gasteiger partial charge in [0, 0.05) is 5.56 Å². The largest absolute Gasteiger partial charge is 0.479 e. The molecule has 0 aliphatic heterocycles. The first-order valence-electron chi connectivity index (χ1n) is 4.80. The van der Waals surface area contributed by atoms with Crippen LogP contribution < -0.4 is 4.74 Å². The Bertz CT molecular complexity index is 522. The molecule has 1 aromatic heterocycles. The summed E-state index contributed by atoms with van der Waals surface area (Å²) in [5.74, 6) is -1.10. The third-order valence-electron chi connectivity index (χ3n) is 2.09. The van der Waals surface area contributed by atoms with Crippen LogP contribution in [0, 0.1) is 5.82 Å². The summed E-state index contributed by atoms with van der Waals surface area (Å²) in [5, 5.41) is 14.9. The molecule has 0 saturated heterocycles. The van der Waals surface area contributed by atoms with Crippen LogP contribution in [0.5, 0.6) is 5.75 Å². The molecule has 0 aliphatic carbocycles. The number of nitrogens with zero attached hydrogens (tertiary/aromatic N) is 1. The summed E-state index contributed by atoms with van der Waals surface area (Å²) in [7, 11) is 0. The summed E-state index contributed by atoms with van der Waals surface area (Å²) in [6.45, 7) is -0.451. The van der Waals surface area contributed by atoms with Crippen molar-refractivity contribution in [3.63, 3.8) is 0 Å². The van der Waals surface area contributed by atoms with E-state index in [1.54, 1.807) is 12.1 Å². The van der Waals surface area contributed by atoms with Crippen LogP contribution in [0.25, 0.3) is 11.3 Å². The van der Waals surface area contributed by atoms with Gasteiger partial charge in [0.2, 0.25) is 0 Å². The summed E-state index contributed by atoms with van der Waals surface area (Å²) in [6, 6.07) is 5.71. The molecular weight excluding hydrogens is 227 g/mol. The van der Waals surface area contributed by atoms with Gasteiger partial charge in [-0.3, -0.25) is 5.10 Å². The van der Waals surface area contributed by atoms with Crippen LogP contribution in [-0.4, -0.2) is 27.9 Å². The fraction of sp³-hybridized carbons (Fsp3) is 0.0909. The number of ether oxygens (including phenoxy) is 1. The van der Waals surface area contributed by atoms with Gasteiger partial charge in [0.1, 0.15) is 11.5 Å². The van der Waals surface area contributed by atoms with E-state index >= 15 is 0 Å². The minimum absolute atomic E-state index is 0.319. The number of nitrogens with one attached hydrogen (secondary N) is 1. The lowest BCUT2D eigenvalue weighted by Crippen LogP contribution is -2.09. The maximum Gasteiger partial charge on any atom is 0.341 e. The molecule has 0 radical (unpaired) electrons.